The average molecular weight is 388 g/mol. The van der Waals surface area contributed by atoms with Gasteiger partial charge >= 0.3 is 6.09 Å². The van der Waals surface area contributed by atoms with Gasteiger partial charge in [0.25, 0.3) is 5.91 Å². The third-order valence-corrected chi connectivity index (χ3v) is 6.77. The molecule has 3 aliphatic rings. The average Bonchev–Trinajstić information content (AvgIpc) is 3.18. The minimum atomic E-state index is -1.12. The first-order chi connectivity index (χ1) is 13.2. The van der Waals surface area contributed by atoms with Crippen molar-refractivity contribution >= 4 is 23.4 Å². The molecule has 3 aliphatic heterocycles. The quantitative estimate of drug-likeness (QED) is 0.855. The molecular formula is C20H28N4O4. The number of hydrogen-bond acceptors (Lipinski definition) is 5. The number of amides is 2. The molecule has 4 rings (SSSR count). The van der Waals surface area contributed by atoms with Gasteiger partial charge < -0.3 is 10.0 Å². The van der Waals surface area contributed by atoms with Crippen molar-refractivity contribution in [2.24, 2.45) is 0 Å². The Bertz CT molecular complexity index is 830. The van der Waals surface area contributed by atoms with E-state index >= 15 is 0 Å². The van der Waals surface area contributed by atoms with E-state index in [4.69, 9.17) is 4.84 Å². The summed E-state index contributed by atoms with van der Waals surface area (Å²) in [6.45, 7) is 5.10. The van der Waals surface area contributed by atoms with Crippen LogP contribution in [0.2, 0.25) is 0 Å². The Morgan fingerprint density at radius 3 is 2.68 bits per heavy atom. The summed E-state index contributed by atoms with van der Waals surface area (Å²) < 4.78 is 0. The Balaban J connectivity index is 1.75. The highest BCUT2D eigenvalue weighted by Crippen LogP contribution is 2.52. The van der Waals surface area contributed by atoms with Crippen molar-refractivity contribution in [2.75, 3.05) is 37.5 Å². The molecule has 0 aromatic heterocycles. The van der Waals surface area contributed by atoms with E-state index in [0.717, 1.165) is 24.2 Å². The molecule has 0 spiro atoms. The van der Waals surface area contributed by atoms with Crippen LogP contribution in [0.1, 0.15) is 32.3 Å². The van der Waals surface area contributed by atoms with Gasteiger partial charge in [-0.05, 0) is 44.2 Å². The Hall–Kier alpha value is -2.32. The van der Waals surface area contributed by atoms with Crippen molar-refractivity contribution < 1.29 is 19.5 Å². The summed E-state index contributed by atoms with van der Waals surface area (Å²) >= 11 is 0. The van der Waals surface area contributed by atoms with Crippen molar-refractivity contribution in [2.45, 2.75) is 50.4 Å². The fourth-order valence-corrected chi connectivity index (χ4v) is 5.51. The number of nitrogens with zero attached hydrogens (tertiary/aromatic N) is 4. The molecule has 0 saturated carbocycles. The van der Waals surface area contributed by atoms with Crippen LogP contribution in [-0.4, -0.2) is 73.1 Å². The Labute approximate surface area is 165 Å². The van der Waals surface area contributed by atoms with E-state index in [0.29, 0.717) is 12.1 Å². The highest BCUT2D eigenvalue weighted by molar-refractivity contribution is 5.98. The van der Waals surface area contributed by atoms with Crippen LogP contribution < -0.4 is 9.80 Å². The van der Waals surface area contributed by atoms with Gasteiger partial charge in [0.05, 0.1) is 19.3 Å². The van der Waals surface area contributed by atoms with Gasteiger partial charge in [0.1, 0.15) is 6.04 Å². The number of fused-ring (bicyclic) bond motifs is 3. The normalized spacial score (nSPS) is 32.0. The van der Waals surface area contributed by atoms with E-state index in [2.05, 4.69) is 30.8 Å². The summed E-state index contributed by atoms with van der Waals surface area (Å²) in [5.41, 5.74) is 2.75. The summed E-state index contributed by atoms with van der Waals surface area (Å²) in [7, 11) is 5.65. The smallest absolute Gasteiger partial charge is 0.412 e. The van der Waals surface area contributed by atoms with Crippen LogP contribution in [0, 0.1) is 0 Å². The zero-order valence-electron chi connectivity index (χ0n) is 17.0. The first-order valence-electron chi connectivity index (χ1n) is 9.67. The lowest BCUT2D eigenvalue weighted by Crippen LogP contribution is -2.45. The number of hydroxylamine groups is 2. The molecule has 4 atom stereocenters. The van der Waals surface area contributed by atoms with Crippen LogP contribution in [0.5, 0.6) is 0 Å². The Morgan fingerprint density at radius 1 is 1.36 bits per heavy atom. The van der Waals surface area contributed by atoms with E-state index in [1.54, 1.807) is 6.07 Å². The largest absolute Gasteiger partial charge is 0.465 e. The van der Waals surface area contributed by atoms with Crippen LogP contribution >= 0.6 is 0 Å². The number of carbonyl (C=O) groups is 2. The third-order valence-electron chi connectivity index (χ3n) is 6.77. The van der Waals surface area contributed by atoms with Gasteiger partial charge in [-0.2, -0.15) is 0 Å². The Morgan fingerprint density at radius 2 is 2.07 bits per heavy atom. The van der Waals surface area contributed by atoms with Gasteiger partial charge in [-0.1, -0.05) is 6.92 Å². The highest BCUT2D eigenvalue weighted by atomic mass is 16.7. The van der Waals surface area contributed by atoms with Crippen molar-refractivity contribution in [1.82, 2.24) is 9.96 Å². The van der Waals surface area contributed by atoms with Crippen LogP contribution in [-0.2, 0) is 15.0 Å². The minimum absolute atomic E-state index is 0.0649. The third kappa shape index (κ3) is 2.44. The van der Waals surface area contributed by atoms with E-state index in [1.807, 2.05) is 19.1 Å². The van der Waals surface area contributed by atoms with Crippen LogP contribution in [0.25, 0.3) is 0 Å². The second kappa shape index (κ2) is 6.35. The number of carbonyl (C=O) groups excluding carboxylic acids is 1. The molecule has 28 heavy (non-hydrogen) atoms. The van der Waals surface area contributed by atoms with Crippen LogP contribution in [0.3, 0.4) is 0 Å². The minimum Gasteiger partial charge on any atom is -0.465 e. The maximum atomic E-state index is 12.7. The van der Waals surface area contributed by atoms with Gasteiger partial charge in [-0.25, -0.2) is 9.86 Å². The van der Waals surface area contributed by atoms with Gasteiger partial charge in [0.15, 0.2) is 0 Å². The molecule has 1 aromatic carbocycles. The van der Waals surface area contributed by atoms with Crippen LogP contribution in [0.4, 0.5) is 16.2 Å². The standard InChI is InChI=1S/C20H28N4O4/c1-12-10-16(17(25)24(12)28-5)23(19(26)27)13-6-7-15-14(11-13)20(2)8-9-21(3)18(20)22(15)4/h6-7,11-12,16,18H,8-10H2,1-5H3,(H,26,27)/t12-,16+,18?,20+/m1/s1. The number of likely N-dealkylation sites (N-methyl/N-ethyl adjacent to an activating group) is 2. The fraction of sp³-hybridized carbons (Fsp3) is 0.600. The van der Waals surface area contributed by atoms with Gasteiger partial charge in [-0.15, -0.1) is 0 Å². The van der Waals surface area contributed by atoms with Crippen molar-refractivity contribution in [3.05, 3.63) is 23.8 Å². The number of anilines is 2. The highest BCUT2D eigenvalue weighted by Gasteiger charge is 2.52. The fourth-order valence-electron chi connectivity index (χ4n) is 5.51. The lowest BCUT2D eigenvalue weighted by atomic mass is 9.81. The summed E-state index contributed by atoms with van der Waals surface area (Å²) in [4.78, 5) is 35.8. The maximum absolute atomic E-state index is 12.7. The maximum Gasteiger partial charge on any atom is 0.412 e. The van der Waals surface area contributed by atoms with E-state index < -0.39 is 12.1 Å². The summed E-state index contributed by atoms with van der Waals surface area (Å²) in [6, 6.07) is 4.80. The predicted molar refractivity (Wildman–Crippen MR) is 105 cm³/mol. The molecule has 2 fully saturated rings. The zero-order chi connectivity index (χ0) is 20.4. The van der Waals surface area contributed by atoms with Crippen molar-refractivity contribution in [3.8, 4) is 0 Å². The monoisotopic (exact) mass is 388 g/mol. The predicted octanol–water partition coefficient (Wildman–Crippen LogP) is 2.09. The number of benzene rings is 1. The molecule has 2 amide bonds. The zero-order valence-corrected chi connectivity index (χ0v) is 17.0. The van der Waals surface area contributed by atoms with E-state index in [1.165, 1.54) is 17.1 Å². The first-order valence-corrected chi connectivity index (χ1v) is 9.67. The lowest BCUT2D eigenvalue weighted by molar-refractivity contribution is -0.176. The number of hydrogen-bond donors (Lipinski definition) is 1. The molecular weight excluding hydrogens is 360 g/mol. The lowest BCUT2D eigenvalue weighted by Gasteiger charge is -2.32. The number of likely N-dealkylation sites (tertiary alicyclic amines) is 1. The summed E-state index contributed by atoms with van der Waals surface area (Å²) in [6.07, 6.45) is 0.547. The molecule has 1 unspecified atom stereocenters. The molecule has 8 nitrogen and oxygen atoms in total. The molecule has 3 heterocycles. The molecule has 2 saturated heterocycles. The summed E-state index contributed by atoms with van der Waals surface area (Å²) in [5, 5.41) is 11.2. The number of rotatable bonds is 3. The molecule has 0 aliphatic carbocycles. The number of carboxylic acid groups (broad SMARTS) is 1. The van der Waals surface area contributed by atoms with Crippen molar-refractivity contribution in [1.29, 1.82) is 0 Å². The SMILES string of the molecule is CON1C(=O)[C@@H](N(C(=O)O)c2ccc3c(c2)[C@]2(C)CCN(C)C2N3C)C[C@H]1C. The molecule has 1 aromatic rings. The molecule has 1 N–H and O–H groups in total. The first kappa shape index (κ1) is 19.0. The van der Waals surface area contributed by atoms with Gasteiger partial charge in [-0.3, -0.25) is 19.4 Å². The van der Waals surface area contributed by atoms with Gasteiger partial charge in [0, 0.05) is 36.8 Å². The van der Waals surface area contributed by atoms with E-state index in [9.17, 15) is 14.7 Å². The summed E-state index contributed by atoms with van der Waals surface area (Å²) in [5.74, 6) is -0.320. The topological polar surface area (TPSA) is 76.6 Å². The molecule has 8 heteroatoms. The van der Waals surface area contributed by atoms with Crippen molar-refractivity contribution in [3.63, 3.8) is 0 Å². The van der Waals surface area contributed by atoms with Crippen LogP contribution in [0.15, 0.2) is 18.2 Å². The molecule has 0 radical (unpaired) electrons. The second-order valence-corrected chi connectivity index (χ2v) is 8.43. The second-order valence-electron chi connectivity index (χ2n) is 8.43. The Kier molecular flexibility index (Phi) is 4.31. The van der Waals surface area contributed by atoms with Gasteiger partial charge in [0.2, 0.25) is 0 Å². The molecule has 152 valence electrons. The van der Waals surface area contributed by atoms with E-state index in [-0.39, 0.29) is 23.5 Å². The molecule has 0 bridgehead atoms.